The van der Waals surface area contributed by atoms with Gasteiger partial charge in [-0.1, -0.05) is 36.9 Å². The smallest absolute Gasteiger partial charge is 0.137 e. The van der Waals surface area contributed by atoms with Crippen molar-refractivity contribution in [1.82, 2.24) is 0 Å². The highest BCUT2D eigenvalue weighted by Crippen LogP contribution is 2.41. The zero-order valence-corrected chi connectivity index (χ0v) is 18.1. The zero-order chi connectivity index (χ0) is 20.3. The lowest BCUT2D eigenvalue weighted by Crippen LogP contribution is -2.08. The van der Waals surface area contributed by atoms with Crippen LogP contribution in [0.1, 0.15) is 73.1 Å². The Labute approximate surface area is 172 Å². The Morgan fingerprint density at radius 1 is 1.25 bits per heavy atom. The van der Waals surface area contributed by atoms with Crippen LogP contribution >= 0.6 is 11.8 Å². The molecule has 0 amide bonds. The second-order valence-electron chi connectivity index (χ2n) is 7.63. The molecule has 2 unspecified atom stereocenters. The van der Waals surface area contributed by atoms with Gasteiger partial charge < -0.3 is 4.74 Å². The molecule has 146 valence electrons. The number of nitriles is 1. The molecular weight excluding hydrogens is 364 g/mol. The van der Waals surface area contributed by atoms with Crippen LogP contribution in [0.25, 0.3) is 0 Å². The van der Waals surface area contributed by atoms with Gasteiger partial charge in [0.05, 0.1) is 16.7 Å². The van der Waals surface area contributed by atoms with E-state index in [1.165, 1.54) is 23.1 Å². The molecule has 0 bridgehead atoms. The average Bonchev–Trinajstić information content (AvgIpc) is 3.07. The van der Waals surface area contributed by atoms with Gasteiger partial charge in [-0.05, 0) is 74.4 Å². The maximum atomic E-state index is 9.52. The molecule has 0 heterocycles. The van der Waals surface area contributed by atoms with Gasteiger partial charge in [0.25, 0.3) is 0 Å². The third-order valence-electron chi connectivity index (χ3n) is 5.25. The maximum Gasteiger partial charge on any atom is 0.137 e. The fourth-order valence-corrected chi connectivity index (χ4v) is 4.91. The van der Waals surface area contributed by atoms with Gasteiger partial charge in [0.2, 0.25) is 0 Å². The average molecular weight is 393 g/mol. The van der Waals surface area contributed by atoms with Crippen molar-refractivity contribution in [2.45, 2.75) is 57.8 Å². The first-order chi connectivity index (χ1) is 13.4. The SMILES string of the molecule is C/N=C(\SC(C)c1cccc2c1CCC2C)c1ccc(OC(C)C)c(C#N)c1. The Morgan fingerprint density at radius 2 is 2.04 bits per heavy atom. The van der Waals surface area contributed by atoms with Crippen molar-refractivity contribution in [2.75, 3.05) is 7.05 Å². The molecule has 2 aromatic carbocycles. The number of fused-ring (bicyclic) bond motifs is 1. The van der Waals surface area contributed by atoms with Gasteiger partial charge in [-0.3, -0.25) is 4.99 Å². The van der Waals surface area contributed by atoms with E-state index in [-0.39, 0.29) is 6.10 Å². The van der Waals surface area contributed by atoms with Crippen molar-refractivity contribution in [3.63, 3.8) is 0 Å². The number of ether oxygens (including phenoxy) is 1. The molecule has 3 rings (SSSR count). The maximum absolute atomic E-state index is 9.52. The minimum Gasteiger partial charge on any atom is -0.490 e. The summed E-state index contributed by atoms with van der Waals surface area (Å²) in [5, 5.41) is 10.8. The van der Waals surface area contributed by atoms with Gasteiger partial charge in [0.15, 0.2) is 0 Å². The summed E-state index contributed by atoms with van der Waals surface area (Å²) in [5.74, 6) is 1.28. The summed E-state index contributed by atoms with van der Waals surface area (Å²) >= 11 is 1.76. The van der Waals surface area contributed by atoms with E-state index < -0.39 is 0 Å². The summed E-state index contributed by atoms with van der Waals surface area (Å²) in [7, 11) is 1.82. The van der Waals surface area contributed by atoms with Crippen LogP contribution < -0.4 is 4.74 Å². The number of nitrogens with zero attached hydrogens (tertiary/aromatic N) is 2. The molecule has 0 saturated heterocycles. The normalized spacial score (nSPS) is 17.3. The zero-order valence-electron chi connectivity index (χ0n) is 17.3. The predicted octanol–water partition coefficient (Wildman–Crippen LogP) is 6.27. The monoisotopic (exact) mass is 392 g/mol. The van der Waals surface area contributed by atoms with Crippen molar-refractivity contribution >= 4 is 16.8 Å². The molecule has 1 aliphatic carbocycles. The van der Waals surface area contributed by atoms with E-state index in [1.54, 1.807) is 11.8 Å². The molecule has 2 atom stereocenters. The highest BCUT2D eigenvalue weighted by Gasteiger charge is 2.24. The Kier molecular flexibility index (Phi) is 6.46. The number of rotatable bonds is 5. The van der Waals surface area contributed by atoms with Crippen LogP contribution in [0.3, 0.4) is 0 Å². The Balaban J connectivity index is 1.85. The molecule has 0 aliphatic heterocycles. The fourth-order valence-electron chi connectivity index (χ4n) is 3.86. The van der Waals surface area contributed by atoms with Gasteiger partial charge in [-0.2, -0.15) is 5.26 Å². The van der Waals surface area contributed by atoms with E-state index in [2.05, 4.69) is 43.1 Å². The first-order valence-corrected chi connectivity index (χ1v) is 10.8. The van der Waals surface area contributed by atoms with Crippen LogP contribution in [0.4, 0.5) is 0 Å². The molecule has 0 spiro atoms. The van der Waals surface area contributed by atoms with Crippen molar-refractivity contribution < 1.29 is 4.74 Å². The van der Waals surface area contributed by atoms with Crippen molar-refractivity contribution in [2.24, 2.45) is 4.99 Å². The van der Waals surface area contributed by atoms with Gasteiger partial charge in [0, 0.05) is 17.9 Å². The van der Waals surface area contributed by atoms with E-state index >= 15 is 0 Å². The molecule has 1 aliphatic rings. The quantitative estimate of drug-likeness (QED) is 0.445. The number of hydrogen-bond acceptors (Lipinski definition) is 4. The lowest BCUT2D eigenvalue weighted by atomic mass is 9.98. The first kappa shape index (κ1) is 20.5. The fraction of sp³-hybridized carbons (Fsp3) is 0.417. The molecule has 0 aromatic heterocycles. The minimum atomic E-state index is 0.0363. The number of hydrogen-bond donors (Lipinski definition) is 0. The van der Waals surface area contributed by atoms with Crippen LogP contribution in [-0.2, 0) is 6.42 Å². The van der Waals surface area contributed by atoms with E-state index in [1.807, 2.05) is 39.1 Å². The molecule has 0 fully saturated rings. The molecule has 0 saturated carbocycles. The first-order valence-electron chi connectivity index (χ1n) is 9.90. The Morgan fingerprint density at radius 3 is 2.71 bits per heavy atom. The second kappa shape index (κ2) is 8.84. The van der Waals surface area contributed by atoms with Crippen LogP contribution in [0.15, 0.2) is 41.4 Å². The molecule has 0 N–H and O–H groups in total. The molecule has 3 nitrogen and oxygen atoms in total. The van der Waals surface area contributed by atoms with E-state index in [0.717, 1.165) is 17.0 Å². The minimum absolute atomic E-state index is 0.0363. The van der Waals surface area contributed by atoms with E-state index in [0.29, 0.717) is 22.5 Å². The van der Waals surface area contributed by atoms with Crippen molar-refractivity contribution in [1.29, 1.82) is 5.26 Å². The van der Waals surface area contributed by atoms with E-state index in [4.69, 9.17) is 4.74 Å². The summed E-state index contributed by atoms with van der Waals surface area (Å²) in [6, 6.07) is 14.7. The summed E-state index contributed by atoms with van der Waals surface area (Å²) in [6.07, 6.45) is 2.44. The highest BCUT2D eigenvalue weighted by molar-refractivity contribution is 8.14. The molecule has 4 heteroatoms. The number of benzene rings is 2. The standard InChI is InChI=1S/C24H28N2OS/c1-15(2)27-23-12-10-18(13-19(23)14-25)24(26-5)28-17(4)21-8-6-7-20-16(3)9-11-22(20)21/h6-8,10,12-13,15-17H,9,11H2,1-5H3/b26-24-. The number of thioether (sulfide) groups is 1. The Bertz CT molecular complexity index is 927. The van der Waals surface area contributed by atoms with E-state index in [9.17, 15) is 5.26 Å². The van der Waals surface area contributed by atoms with Gasteiger partial charge in [-0.25, -0.2) is 0 Å². The summed E-state index contributed by atoms with van der Waals surface area (Å²) in [4.78, 5) is 4.53. The summed E-state index contributed by atoms with van der Waals surface area (Å²) in [6.45, 7) is 8.49. The third-order valence-corrected chi connectivity index (χ3v) is 6.49. The molecule has 28 heavy (non-hydrogen) atoms. The summed E-state index contributed by atoms with van der Waals surface area (Å²) < 4.78 is 5.75. The van der Waals surface area contributed by atoms with Crippen molar-refractivity contribution in [3.8, 4) is 11.8 Å². The molecule has 2 aromatic rings. The van der Waals surface area contributed by atoms with Gasteiger partial charge in [-0.15, -0.1) is 0 Å². The summed E-state index contributed by atoms with van der Waals surface area (Å²) in [5.41, 5.74) is 5.95. The van der Waals surface area contributed by atoms with Crippen molar-refractivity contribution in [3.05, 3.63) is 64.2 Å². The highest BCUT2D eigenvalue weighted by atomic mass is 32.2. The lowest BCUT2D eigenvalue weighted by molar-refractivity contribution is 0.241. The van der Waals surface area contributed by atoms with Gasteiger partial charge in [0.1, 0.15) is 11.8 Å². The Hall–Kier alpha value is -2.25. The van der Waals surface area contributed by atoms with Crippen LogP contribution in [0.2, 0.25) is 0 Å². The molecule has 0 radical (unpaired) electrons. The van der Waals surface area contributed by atoms with Crippen LogP contribution in [-0.4, -0.2) is 18.2 Å². The second-order valence-corrected chi connectivity index (χ2v) is 8.96. The largest absolute Gasteiger partial charge is 0.490 e. The number of aliphatic imine (C=N–C) groups is 1. The lowest BCUT2D eigenvalue weighted by Gasteiger charge is -2.18. The molecular formula is C24H28N2OS. The van der Waals surface area contributed by atoms with Gasteiger partial charge >= 0.3 is 0 Å². The van der Waals surface area contributed by atoms with Crippen LogP contribution in [0.5, 0.6) is 5.75 Å². The van der Waals surface area contributed by atoms with Crippen LogP contribution in [0, 0.1) is 11.3 Å². The predicted molar refractivity (Wildman–Crippen MR) is 119 cm³/mol. The topological polar surface area (TPSA) is 45.4 Å². The third kappa shape index (κ3) is 4.25.